The third-order valence-corrected chi connectivity index (χ3v) is 4.62. The molecule has 0 radical (unpaired) electrons. The van der Waals surface area contributed by atoms with Gasteiger partial charge in [0.1, 0.15) is 11.6 Å². The lowest BCUT2D eigenvalue weighted by Gasteiger charge is -2.24. The third kappa shape index (κ3) is 3.06. The molecule has 26 heavy (non-hydrogen) atoms. The van der Waals surface area contributed by atoms with Gasteiger partial charge in [-0.25, -0.2) is 4.39 Å². The van der Waals surface area contributed by atoms with Crippen LogP contribution in [0.5, 0.6) is 5.75 Å². The van der Waals surface area contributed by atoms with Crippen LogP contribution in [-0.4, -0.2) is 12.8 Å². The second-order valence-electron chi connectivity index (χ2n) is 6.20. The summed E-state index contributed by atoms with van der Waals surface area (Å²) in [6, 6.07) is 24.5. The highest BCUT2D eigenvalue weighted by Gasteiger charge is 2.31. The van der Waals surface area contributed by atoms with Crippen LogP contribution < -0.4 is 9.75 Å². The quantitative estimate of drug-likeness (QED) is 0.649. The molecule has 1 heterocycles. The van der Waals surface area contributed by atoms with Crippen LogP contribution in [0.15, 0.2) is 84.0 Å². The molecule has 0 amide bonds. The Balaban J connectivity index is 1.74. The lowest BCUT2D eigenvalue weighted by Crippen LogP contribution is -2.19. The molecule has 0 saturated carbocycles. The molecule has 0 aromatic heterocycles. The average molecular weight is 346 g/mol. The summed E-state index contributed by atoms with van der Waals surface area (Å²) in [4.78, 5) is 0. The molecule has 0 N–H and O–H groups in total. The molecule has 130 valence electrons. The summed E-state index contributed by atoms with van der Waals surface area (Å²) in [5, 5.41) is 6.74. The molecular weight excluding hydrogens is 327 g/mol. The minimum atomic E-state index is -0.204. The van der Waals surface area contributed by atoms with Gasteiger partial charge in [0.25, 0.3) is 0 Å². The predicted octanol–water partition coefficient (Wildman–Crippen LogP) is 5.19. The Labute approximate surface area is 152 Å². The van der Waals surface area contributed by atoms with Crippen LogP contribution in [0.4, 0.5) is 10.1 Å². The fraction of sp³-hybridized carbons (Fsp3) is 0.136. The first-order valence-corrected chi connectivity index (χ1v) is 8.57. The van der Waals surface area contributed by atoms with E-state index in [0.717, 1.165) is 22.7 Å². The first-order valence-electron chi connectivity index (χ1n) is 8.57. The molecule has 1 aliphatic heterocycles. The average Bonchev–Trinajstić information content (AvgIpc) is 3.14. The minimum Gasteiger partial charge on any atom is -0.497 e. The van der Waals surface area contributed by atoms with Crippen molar-refractivity contribution >= 4 is 11.4 Å². The van der Waals surface area contributed by atoms with E-state index in [2.05, 4.69) is 0 Å². The molecule has 0 bridgehead atoms. The van der Waals surface area contributed by atoms with Crippen LogP contribution in [0.1, 0.15) is 23.6 Å². The number of anilines is 1. The van der Waals surface area contributed by atoms with Gasteiger partial charge in [-0.05, 0) is 48.0 Å². The van der Waals surface area contributed by atoms with E-state index in [1.54, 1.807) is 13.2 Å². The number of rotatable bonds is 4. The highest BCUT2D eigenvalue weighted by atomic mass is 19.1. The van der Waals surface area contributed by atoms with Gasteiger partial charge in [0.15, 0.2) is 0 Å². The number of para-hydroxylation sites is 1. The molecule has 0 saturated heterocycles. The molecule has 3 aromatic carbocycles. The number of methoxy groups -OCH3 is 1. The van der Waals surface area contributed by atoms with Gasteiger partial charge in [-0.2, -0.15) is 5.10 Å². The summed E-state index contributed by atoms with van der Waals surface area (Å²) in [5.41, 5.74) is 3.56. The summed E-state index contributed by atoms with van der Waals surface area (Å²) in [5.74, 6) is 0.600. The van der Waals surface area contributed by atoms with E-state index in [1.165, 1.54) is 6.07 Å². The molecule has 0 fully saturated rings. The van der Waals surface area contributed by atoms with E-state index < -0.39 is 0 Å². The zero-order chi connectivity index (χ0) is 17.9. The summed E-state index contributed by atoms with van der Waals surface area (Å²) in [6.07, 6.45) is 0.641. The number of halogens is 1. The molecule has 4 rings (SSSR count). The smallest absolute Gasteiger partial charge is 0.128 e. The monoisotopic (exact) mass is 346 g/mol. The van der Waals surface area contributed by atoms with E-state index in [1.807, 2.05) is 71.7 Å². The topological polar surface area (TPSA) is 24.8 Å². The maximum absolute atomic E-state index is 14.5. The molecule has 3 nitrogen and oxygen atoms in total. The molecule has 0 aliphatic carbocycles. The number of hydrogen-bond acceptors (Lipinski definition) is 3. The van der Waals surface area contributed by atoms with E-state index >= 15 is 0 Å². The van der Waals surface area contributed by atoms with Crippen molar-refractivity contribution in [3.05, 3.63) is 95.8 Å². The fourth-order valence-electron chi connectivity index (χ4n) is 3.27. The van der Waals surface area contributed by atoms with E-state index in [4.69, 9.17) is 9.84 Å². The zero-order valence-electron chi connectivity index (χ0n) is 14.5. The molecule has 3 aromatic rings. The first-order chi connectivity index (χ1) is 12.8. The maximum Gasteiger partial charge on any atom is 0.128 e. The predicted molar refractivity (Wildman–Crippen MR) is 102 cm³/mol. The van der Waals surface area contributed by atoms with Crippen molar-refractivity contribution in [2.75, 3.05) is 12.1 Å². The Morgan fingerprint density at radius 3 is 2.31 bits per heavy atom. The van der Waals surface area contributed by atoms with Gasteiger partial charge in [-0.3, -0.25) is 5.01 Å². The Kier molecular flexibility index (Phi) is 4.40. The first kappa shape index (κ1) is 16.3. The maximum atomic E-state index is 14.5. The lowest BCUT2D eigenvalue weighted by atomic mass is 9.97. The van der Waals surface area contributed by atoms with Crippen molar-refractivity contribution in [2.24, 2.45) is 5.10 Å². The normalized spacial score (nSPS) is 16.5. The second kappa shape index (κ2) is 7.00. The molecule has 1 aliphatic rings. The van der Waals surface area contributed by atoms with Gasteiger partial charge in [-0.15, -0.1) is 0 Å². The molecular formula is C22H19FN2O. The van der Waals surface area contributed by atoms with E-state index in [-0.39, 0.29) is 11.9 Å². The van der Waals surface area contributed by atoms with Crippen LogP contribution in [0.2, 0.25) is 0 Å². The van der Waals surface area contributed by atoms with Gasteiger partial charge in [0.05, 0.1) is 24.6 Å². The Hall–Kier alpha value is -3.14. The van der Waals surface area contributed by atoms with E-state index in [9.17, 15) is 4.39 Å². The van der Waals surface area contributed by atoms with Crippen LogP contribution >= 0.6 is 0 Å². The van der Waals surface area contributed by atoms with Crippen LogP contribution in [0, 0.1) is 5.82 Å². The van der Waals surface area contributed by atoms with Gasteiger partial charge in [0.2, 0.25) is 0 Å². The summed E-state index contributed by atoms with van der Waals surface area (Å²) in [6.45, 7) is 0. The summed E-state index contributed by atoms with van der Waals surface area (Å²) in [7, 11) is 1.65. The van der Waals surface area contributed by atoms with Crippen molar-refractivity contribution in [1.29, 1.82) is 0 Å². The molecule has 1 unspecified atom stereocenters. The second-order valence-corrected chi connectivity index (χ2v) is 6.20. The lowest BCUT2D eigenvalue weighted by molar-refractivity contribution is 0.415. The molecule has 0 spiro atoms. The van der Waals surface area contributed by atoms with Gasteiger partial charge < -0.3 is 4.74 Å². The number of ether oxygens (including phenoxy) is 1. The third-order valence-electron chi connectivity index (χ3n) is 4.62. The van der Waals surface area contributed by atoms with Gasteiger partial charge in [-0.1, -0.05) is 36.4 Å². The summed E-state index contributed by atoms with van der Waals surface area (Å²) >= 11 is 0. The number of hydrogen-bond donors (Lipinski definition) is 0. The highest BCUT2D eigenvalue weighted by Crippen LogP contribution is 2.37. The van der Waals surface area contributed by atoms with Crippen molar-refractivity contribution in [1.82, 2.24) is 0 Å². The van der Waals surface area contributed by atoms with Crippen molar-refractivity contribution in [2.45, 2.75) is 12.5 Å². The molecule has 1 atom stereocenters. The number of hydrazone groups is 1. The van der Waals surface area contributed by atoms with Gasteiger partial charge in [0, 0.05) is 12.0 Å². The van der Waals surface area contributed by atoms with Crippen molar-refractivity contribution < 1.29 is 9.13 Å². The Bertz CT molecular complexity index is 922. The van der Waals surface area contributed by atoms with Gasteiger partial charge >= 0.3 is 0 Å². The largest absolute Gasteiger partial charge is 0.497 e. The summed E-state index contributed by atoms with van der Waals surface area (Å²) < 4.78 is 19.7. The van der Waals surface area contributed by atoms with Crippen molar-refractivity contribution in [3.8, 4) is 5.75 Å². The van der Waals surface area contributed by atoms with Crippen LogP contribution in [0.25, 0.3) is 0 Å². The minimum absolute atomic E-state index is 0.171. The van der Waals surface area contributed by atoms with Crippen LogP contribution in [-0.2, 0) is 0 Å². The number of nitrogens with zero attached hydrogens (tertiary/aromatic N) is 2. The SMILES string of the molecule is COc1ccc(C2=NN(c3ccccc3)C(c3ccccc3F)C2)cc1. The van der Waals surface area contributed by atoms with Crippen molar-refractivity contribution in [3.63, 3.8) is 0 Å². The van der Waals surface area contributed by atoms with Crippen LogP contribution in [0.3, 0.4) is 0 Å². The zero-order valence-corrected chi connectivity index (χ0v) is 14.5. The Morgan fingerprint density at radius 1 is 0.923 bits per heavy atom. The molecule has 4 heteroatoms. The Morgan fingerprint density at radius 2 is 1.62 bits per heavy atom. The van der Waals surface area contributed by atoms with E-state index in [0.29, 0.717) is 12.0 Å². The fourth-order valence-corrected chi connectivity index (χ4v) is 3.27. The number of benzene rings is 3. The highest BCUT2D eigenvalue weighted by molar-refractivity contribution is 6.03. The standard InChI is InChI=1S/C22H19FN2O/c1-26-18-13-11-16(12-14-18)21-15-22(19-9-5-6-10-20(19)23)25(24-21)17-7-3-2-4-8-17/h2-14,22H,15H2,1H3.